The van der Waals surface area contributed by atoms with Gasteiger partial charge in [0.25, 0.3) is 0 Å². The first-order valence-corrected chi connectivity index (χ1v) is 8.29. The van der Waals surface area contributed by atoms with E-state index in [-0.39, 0.29) is 29.1 Å². The first-order chi connectivity index (χ1) is 10.5. The second-order valence-electron chi connectivity index (χ2n) is 5.05. The molecule has 0 radical (unpaired) electrons. The van der Waals surface area contributed by atoms with Crippen LogP contribution in [0.3, 0.4) is 0 Å². The van der Waals surface area contributed by atoms with Gasteiger partial charge in [0, 0.05) is 5.56 Å². The molecule has 22 heavy (non-hydrogen) atoms. The first-order valence-electron chi connectivity index (χ1n) is 7.13. The summed E-state index contributed by atoms with van der Waals surface area (Å²) < 4.78 is 0. The van der Waals surface area contributed by atoms with Crippen molar-refractivity contribution in [2.45, 2.75) is 26.3 Å². The fraction of sp³-hybridized carbons (Fsp3) is 0.438. The van der Waals surface area contributed by atoms with Crippen LogP contribution in [-0.4, -0.2) is 40.3 Å². The maximum absolute atomic E-state index is 11.9. The minimum atomic E-state index is -1.03. The Kier molecular flexibility index (Phi) is 7.66. The van der Waals surface area contributed by atoms with Crippen LogP contribution in [-0.2, 0) is 9.59 Å². The number of benzene rings is 1. The molecule has 0 saturated heterocycles. The van der Waals surface area contributed by atoms with Crippen molar-refractivity contribution in [2.75, 3.05) is 11.5 Å². The summed E-state index contributed by atoms with van der Waals surface area (Å²) in [6.45, 7) is 3.66. The van der Waals surface area contributed by atoms with Crippen LogP contribution in [0, 0.1) is 5.92 Å². The molecular formula is C16H21NO4S. The number of aliphatic carboxylic acids is 1. The van der Waals surface area contributed by atoms with E-state index in [1.165, 1.54) is 11.8 Å². The topological polar surface area (TPSA) is 83.5 Å². The summed E-state index contributed by atoms with van der Waals surface area (Å²) in [6, 6.07) is 7.97. The molecule has 2 N–H and O–H groups in total. The third-order valence-electron chi connectivity index (χ3n) is 3.36. The Hall–Kier alpha value is -1.82. The van der Waals surface area contributed by atoms with Gasteiger partial charge >= 0.3 is 5.97 Å². The molecule has 0 aliphatic heterocycles. The van der Waals surface area contributed by atoms with Crippen molar-refractivity contribution in [3.8, 4) is 0 Å². The largest absolute Gasteiger partial charge is 0.480 e. The lowest BCUT2D eigenvalue weighted by molar-refractivity contribution is -0.143. The fourth-order valence-electron chi connectivity index (χ4n) is 1.84. The van der Waals surface area contributed by atoms with E-state index in [2.05, 4.69) is 5.32 Å². The van der Waals surface area contributed by atoms with E-state index in [0.717, 1.165) is 0 Å². The molecule has 0 spiro atoms. The molecule has 1 amide bonds. The van der Waals surface area contributed by atoms with Crippen molar-refractivity contribution in [1.82, 2.24) is 5.32 Å². The van der Waals surface area contributed by atoms with Gasteiger partial charge in [-0.05, 0) is 5.92 Å². The Balaban J connectivity index is 2.39. The summed E-state index contributed by atoms with van der Waals surface area (Å²) >= 11 is 1.18. The van der Waals surface area contributed by atoms with E-state index in [1.807, 2.05) is 13.0 Å². The van der Waals surface area contributed by atoms with Gasteiger partial charge < -0.3 is 10.4 Å². The molecule has 0 unspecified atom stereocenters. The van der Waals surface area contributed by atoms with Crippen LogP contribution in [0.2, 0.25) is 0 Å². The van der Waals surface area contributed by atoms with Crippen molar-refractivity contribution in [3.63, 3.8) is 0 Å². The Morgan fingerprint density at radius 3 is 2.36 bits per heavy atom. The van der Waals surface area contributed by atoms with E-state index < -0.39 is 12.0 Å². The van der Waals surface area contributed by atoms with Crippen molar-refractivity contribution in [3.05, 3.63) is 35.9 Å². The second kappa shape index (κ2) is 9.25. The Morgan fingerprint density at radius 2 is 1.82 bits per heavy atom. The molecule has 0 aliphatic carbocycles. The molecule has 120 valence electrons. The predicted molar refractivity (Wildman–Crippen MR) is 87.1 cm³/mol. The summed E-state index contributed by atoms with van der Waals surface area (Å²) in [5.41, 5.74) is 0.610. The second-order valence-corrected chi connectivity index (χ2v) is 6.04. The molecular weight excluding hydrogens is 302 g/mol. The van der Waals surface area contributed by atoms with Gasteiger partial charge in [-0.25, -0.2) is 4.79 Å². The number of Topliss-reactive ketones (excluding diaryl/α,β-unsaturated/α-hetero) is 1. The third-order valence-corrected chi connectivity index (χ3v) is 4.29. The van der Waals surface area contributed by atoms with E-state index >= 15 is 0 Å². The van der Waals surface area contributed by atoms with Crippen LogP contribution >= 0.6 is 11.8 Å². The van der Waals surface area contributed by atoms with Crippen LogP contribution in [0.25, 0.3) is 0 Å². The van der Waals surface area contributed by atoms with Crippen molar-refractivity contribution in [2.24, 2.45) is 5.92 Å². The Bertz CT molecular complexity index is 518. The molecule has 2 atom stereocenters. The number of nitrogens with one attached hydrogen (secondary N) is 1. The SMILES string of the molecule is CC[C@H](C)[C@H](NC(=O)CSCC(=O)c1ccccc1)C(=O)O. The number of carboxylic acid groups (broad SMARTS) is 1. The van der Waals surface area contributed by atoms with Gasteiger partial charge in [-0.1, -0.05) is 50.6 Å². The molecule has 0 saturated carbocycles. The first kappa shape index (κ1) is 18.2. The Labute approximate surface area is 134 Å². The number of amides is 1. The number of carboxylic acids is 1. The van der Waals surface area contributed by atoms with Gasteiger partial charge in [0.2, 0.25) is 5.91 Å². The highest BCUT2D eigenvalue weighted by Gasteiger charge is 2.25. The van der Waals surface area contributed by atoms with Crippen molar-refractivity contribution in [1.29, 1.82) is 0 Å². The third kappa shape index (κ3) is 5.89. The van der Waals surface area contributed by atoms with Gasteiger partial charge in [0.1, 0.15) is 6.04 Å². The number of thioether (sulfide) groups is 1. The lowest BCUT2D eigenvalue weighted by Crippen LogP contribution is -2.45. The highest BCUT2D eigenvalue weighted by Crippen LogP contribution is 2.10. The molecule has 0 heterocycles. The summed E-state index contributed by atoms with van der Waals surface area (Å²) in [7, 11) is 0. The molecule has 1 aromatic carbocycles. The summed E-state index contributed by atoms with van der Waals surface area (Å²) in [4.78, 5) is 34.8. The average Bonchev–Trinajstić information content (AvgIpc) is 2.52. The molecule has 0 fully saturated rings. The maximum atomic E-state index is 11.9. The summed E-state index contributed by atoms with van der Waals surface area (Å²) in [5.74, 6) is -1.32. The number of hydrogen-bond donors (Lipinski definition) is 2. The standard InChI is InChI=1S/C16H21NO4S/c1-3-11(2)15(16(20)21)17-14(19)10-22-9-13(18)12-7-5-4-6-8-12/h4-8,11,15H,3,9-10H2,1-2H3,(H,17,19)(H,20,21)/t11-,15-/m0/s1. The summed E-state index contributed by atoms with van der Waals surface area (Å²) in [6.07, 6.45) is 0.664. The number of carbonyl (C=O) groups excluding carboxylic acids is 2. The normalized spacial score (nSPS) is 13.2. The van der Waals surface area contributed by atoms with Gasteiger partial charge in [-0.2, -0.15) is 0 Å². The molecule has 0 aromatic heterocycles. The van der Waals surface area contributed by atoms with E-state index in [0.29, 0.717) is 12.0 Å². The minimum absolute atomic E-state index is 0.0462. The monoisotopic (exact) mass is 323 g/mol. The molecule has 1 rings (SSSR count). The van der Waals surface area contributed by atoms with E-state index in [1.54, 1.807) is 31.2 Å². The molecule has 1 aromatic rings. The zero-order valence-electron chi connectivity index (χ0n) is 12.7. The summed E-state index contributed by atoms with van der Waals surface area (Å²) in [5, 5.41) is 11.6. The highest BCUT2D eigenvalue weighted by molar-refractivity contribution is 8.00. The number of carbonyl (C=O) groups is 3. The van der Waals surface area contributed by atoms with Gasteiger partial charge in [0.15, 0.2) is 5.78 Å². The predicted octanol–water partition coefficient (Wildman–Crippen LogP) is 2.22. The Morgan fingerprint density at radius 1 is 1.18 bits per heavy atom. The van der Waals surface area contributed by atoms with Gasteiger partial charge in [-0.3, -0.25) is 9.59 Å². The zero-order valence-corrected chi connectivity index (χ0v) is 13.6. The van der Waals surface area contributed by atoms with Gasteiger partial charge in [0.05, 0.1) is 11.5 Å². The molecule has 5 nitrogen and oxygen atoms in total. The number of hydrogen-bond acceptors (Lipinski definition) is 4. The van der Waals surface area contributed by atoms with E-state index in [9.17, 15) is 14.4 Å². The average molecular weight is 323 g/mol. The van der Waals surface area contributed by atoms with Crippen LogP contribution < -0.4 is 5.32 Å². The zero-order chi connectivity index (χ0) is 16.5. The van der Waals surface area contributed by atoms with E-state index in [4.69, 9.17) is 5.11 Å². The van der Waals surface area contributed by atoms with Crippen molar-refractivity contribution < 1.29 is 19.5 Å². The molecule has 6 heteroatoms. The smallest absolute Gasteiger partial charge is 0.326 e. The highest BCUT2D eigenvalue weighted by atomic mass is 32.2. The van der Waals surface area contributed by atoms with Crippen LogP contribution in [0.5, 0.6) is 0 Å². The van der Waals surface area contributed by atoms with Crippen LogP contribution in [0.1, 0.15) is 30.6 Å². The maximum Gasteiger partial charge on any atom is 0.326 e. The van der Waals surface area contributed by atoms with Gasteiger partial charge in [-0.15, -0.1) is 11.8 Å². The lowest BCUT2D eigenvalue weighted by Gasteiger charge is -2.19. The minimum Gasteiger partial charge on any atom is -0.480 e. The van der Waals surface area contributed by atoms with Crippen molar-refractivity contribution >= 4 is 29.4 Å². The quantitative estimate of drug-likeness (QED) is 0.681. The number of rotatable bonds is 9. The van der Waals surface area contributed by atoms with Crippen LogP contribution in [0.4, 0.5) is 0 Å². The number of ketones is 1. The fourth-order valence-corrected chi connectivity index (χ4v) is 2.56. The lowest BCUT2D eigenvalue weighted by atomic mass is 9.99. The molecule has 0 aliphatic rings. The van der Waals surface area contributed by atoms with Crippen LogP contribution in [0.15, 0.2) is 30.3 Å². The molecule has 0 bridgehead atoms.